The Balaban J connectivity index is 0.000000138. The molecule has 1 fully saturated rings. The predicted molar refractivity (Wildman–Crippen MR) is 76.6 cm³/mol. The second-order valence-corrected chi connectivity index (χ2v) is 4.88. The normalized spacial score (nSPS) is 15.8. The summed E-state index contributed by atoms with van der Waals surface area (Å²) in [6.45, 7) is 0. The molecule has 1 nitrogen and oxygen atoms in total. The van der Waals surface area contributed by atoms with Gasteiger partial charge in [0.05, 0.1) is 0 Å². The Morgan fingerprint density at radius 2 is 1.22 bits per heavy atom. The van der Waals surface area contributed by atoms with Crippen LogP contribution in [0.5, 0.6) is 0 Å². The molecule has 0 aromatic heterocycles. The van der Waals surface area contributed by atoms with Crippen LogP contribution >= 0.6 is 0 Å². The maximum Gasteiger partial charge on any atom is 0.123 e. The van der Waals surface area contributed by atoms with Crippen LogP contribution in [-0.4, -0.2) is 6.29 Å². The Labute approximate surface area is 109 Å². The van der Waals surface area contributed by atoms with E-state index >= 15 is 0 Å². The van der Waals surface area contributed by atoms with E-state index < -0.39 is 0 Å². The minimum atomic E-state index is 0.406. The first-order valence-electron chi connectivity index (χ1n) is 6.79. The number of carbonyl (C=O) groups excluding carboxylic acids is 1. The van der Waals surface area contributed by atoms with Crippen LogP contribution in [0.15, 0.2) is 48.5 Å². The van der Waals surface area contributed by atoms with Gasteiger partial charge in [-0.15, -0.1) is 0 Å². The molecule has 0 bridgehead atoms. The molecule has 0 atom stereocenters. The molecule has 0 radical (unpaired) electrons. The van der Waals surface area contributed by atoms with E-state index in [2.05, 4.69) is 48.5 Å². The van der Waals surface area contributed by atoms with E-state index in [0.717, 1.165) is 19.1 Å². The lowest BCUT2D eigenvalue weighted by Crippen LogP contribution is -2.06. The molecule has 0 amide bonds. The van der Waals surface area contributed by atoms with Crippen LogP contribution in [0.4, 0.5) is 0 Å². The largest absolute Gasteiger partial charge is 0.303 e. The summed E-state index contributed by atoms with van der Waals surface area (Å²) in [5.74, 6) is 0.406. The molecule has 94 valence electrons. The van der Waals surface area contributed by atoms with Crippen LogP contribution in [-0.2, 0) is 4.79 Å². The third-order valence-corrected chi connectivity index (χ3v) is 3.50. The van der Waals surface area contributed by atoms with Gasteiger partial charge in [-0.25, -0.2) is 0 Å². The van der Waals surface area contributed by atoms with Gasteiger partial charge in [0.15, 0.2) is 0 Å². The number of fused-ring (bicyclic) bond motifs is 1. The van der Waals surface area contributed by atoms with E-state index in [1.165, 1.54) is 30.0 Å². The zero-order valence-corrected chi connectivity index (χ0v) is 10.7. The van der Waals surface area contributed by atoms with Crippen molar-refractivity contribution in [2.45, 2.75) is 32.1 Å². The van der Waals surface area contributed by atoms with E-state index in [1.807, 2.05) is 0 Å². The molecule has 0 saturated heterocycles. The van der Waals surface area contributed by atoms with Gasteiger partial charge in [-0.05, 0) is 23.6 Å². The Bertz CT molecular complexity index is 418. The Morgan fingerprint density at radius 3 is 1.56 bits per heavy atom. The Morgan fingerprint density at radius 1 is 0.778 bits per heavy atom. The van der Waals surface area contributed by atoms with Crippen LogP contribution < -0.4 is 0 Å². The molecule has 1 heteroatoms. The molecular formula is C17H20O. The lowest BCUT2D eigenvalue weighted by molar-refractivity contribution is -0.111. The van der Waals surface area contributed by atoms with Crippen molar-refractivity contribution in [3.63, 3.8) is 0 Å². The molecule has 2 aromatic carbocycles. The zero-order valence-electron chi connectivity index (χ0n) is 10.7. The van der Waals surface area contributed by atoms with Gasteiger partial charge in [-0.3, -0.25) is 0 Å². The summed E-state index contributed by atoms with van der Waals surface area (Å²) in [5.41, 5.74) is 0. The van der Waals surface area contributed by atoms with Crippen LogP contribution in [0.25, 0.3) is 10.8 Å². The molecule has 1 saturated carbocycles. The first-order valence-corrected chi connectivity index (χ1v) is 6.79. The van der Waals surface area contributed by atoms with Gasteiger partial charge in [-0.1, -0.05) is 67.8 Å². The molecule has 1 aliphatic carbocycles. The number of hydrogen-bond donors (Lipinski definition) is 0. The minimum absolute atomic E-state index is 0.406. The summed E-state index contributed by atoms with van der Waals surface area (Å²) >= 11 is 0. The standard InChI is InChI=1S/C10H8.C7H12O/c1-2-6-10-8-4-3-7-9(10)5-1;8-6-7-4-2-1-3-5-7/h1-8H;6-7H,1-5H2. The first kappa shape index (κ1) is 12.8. The second-order valence-electron chi connectivity index (χ2n) is 4.88. The van der Waals surface area contributed by atoms with Gasteiger partial charge >= 0.3 is 0 Å². The summed E-state index contributed by atoms with van der Waals surface area (Å²) in [4.78, 5) is 10.2. The first-order chi connectivity index (χ1) is 8.90. The highest BCUT2D eigenvalue weighted by atomic mass is 16.1. The summed E-state index contributed by atoms with van der Waals surface area (Å²) < 4.78 is 0. The second kappa shape index (κ2) is 6.95. The van der Waals surface area contributed by atoms with Gasteiger partial charge < -0.3 is 4.79 Å². The molecule has 0 spiro atoms. The van der Waals surface area contributed by atoms with Crippen molar-refractivity contribution in [1.82, 2.24) is 0 Å². The molecule has 1 aliphatic rings. The van der Waals surface area contributed by atoms with Crippen molar-refractivity contribution in [2.75, 3.05) is 0 Å². The quantitative estimate of drug-likeness (QED) is 0.665. The average Bonchev–Trinajstić information content (AvgIpc) is 2.49. The summed E-state index contributed by atoms with van der Waals surface area (Å²) in [7, 11) is 0. The minimum Gasteiger partial charge on any atom is -0.303 e. The third kappa shape index (κ3) is 3.69. The van der Waals surface area contributed by atoms with Crippen molar-refractivity contribution in [3.8, 4) is 0 Å². The van der Waals surface area contributed by atoms with Crippen LogP contribution in [0.1, 0.15) is 32.1 Å². The van der Waals surface area contributed by atoms with Crippen LogP contribution in [0.2, 0.25) is 0 Å². The van der Waals surface area contributed by atoms with Crippen molar-refractivity contribution < 1.29 is 4.79 Å². The monoisotopic (exact) mass is 240 g/mol. The molecule has 3 rings (SSSR count). The van der Waals surface area contributed by atoms with E-state index in [-0.39, 0.29) is 0 Å². The molecule has 0 aliphatic heterocycles. The number of hydrogen-bond acceptors (Lipinski definition) is 1. The highest BCUT2D eigenvalue weighted by Crippen LogP contribution is 2.21. The maximum absolute atomic E-state index is 10.2. The van der Waals surface area contributed by atoms with Gasteiger partial charge in [0.2, 0.25) is 0 Å². The molecule has 18 heavy (non-hydrogen) atoms. The summed E-state index contributed by atoms with van der Waals surface area (Å²) in [5, 5.41) is 2.62. The molecule has 0 N–H and O–H groups in total. The van der Waals surface area contributed by atoms with E-state index in [4.69, 9.17) is 0 Å². The molecule has 2 aromatic rings. The molecular weight excluding hydrogens is 220 g/mol. The zero-order chi connectivity index (χ0) is 12.6. The van der Waals surface area contributed by atoms with Gasteiger partial charge in [0.25, 0.3) is 0 Å². The lowest BCUT2D eigenvalue weighted by Gasteiger charge is -2.14. The van der Waals surface area contributed by atoms with Gasteiger partial charge in [-0.2, -0.15) is 0 Å². The van der Waals surface area contributed by atoms with Crippen molar-refractivity contribution >= 4 is 17.1 Å². The predicted octanol–water partition coefficient (Wildman–Crippen LogP) is 4.61. The molecule has 0 heterocycles. The number of rotatable bonds is 1. The summed E-state index contributed by atoms with van der Waals surface area (Å²) in [6, 6.07) is 16.7. The maximum atomic E-state index is 10.2. The Hall–Kier alpha value is -1.63. The van der Waals surface area contributed by atoms with Crippen molar-refractivity contribution in [3.05, 3.63) is 48.5 Å². The Kier molecular flexibility index (Phi) is 4.95. The molecule has 0 unspecified atom stereocenters. The van der Waals surface area contributed by atoms with Crippen molar-refractivity contribution in [1.29, 1.82) is 0 Å². The highest BCUT2D eigenvalue weighted by Gasteiger charge is 2.10. The summed E-state index contributed by atoms with van der Waals surface area (Å²) in [6.07, 6.45) is 7.27. The number of carbonyl (C=O) groups is 1. The smallest absolute Gasteiger partial charge is 0.123 e. The van der Waals surface area contributed by atoms with E-state index in [0.29, 0.717) is 5.92 Å². The van der Waals surface area contributed by atoms with Gasteiger partial charge in [0.1, 0.15) is 6.29 Å². The fourth-order valence-electron chi connectivity index (χ4n) is 2.40. The topological polar surface area (TPSA) is 17.1 Å². The fourth-order valence-corrected chi connectivity index (χ4v) is 2.40. The number of benzene rings is 2. The van der Waals surface area contributed by atoms with Crippen LogP contribution in [0, 0.1) is 5.92 Å². The lowest BCUT2D eigenvalue weighted by atomic mass is 9.91. The van der Waals surface area contributed by atoms with E-state index in [9.17, 15) is 4.79 Å². The fraction of sp³-hybridized carbons (Fsp3) is 0.353. The van der Waals surface area contributed by atoms with Crippen LogP contribution in [0.3, 0.4) is 0 Å². The SMILES string of the molecule is O=CC1CCCCC1.c1ccc2ccccc2c1. The van der Waals surface area contributed by atoms with Gasteiger partial charge in [0, 0.05) is 5.92 Å². The van der Waals surface area contributed by atoms with Crippen molar-refractivity contribution in [2.24, 2.45) is 5.92 Å². The number of aldehydes is 1. The third-order valence-electron chi connectivity index (χ3n) is 3.50. The average molecular weight is 240 g/mol. The van der Waals surface area contributed by atoms with E-state index in [1.54, 1.807) is 0 Å². The highest BCUT2D eigenvalue weighted by molar-refractivity contribution is 5.81.